The highest BCUT2D eigenvalue weighted by molar-refractivity contribution is 5.98. The van der Waals surface area contributed by atoms with Gasteiger partial charge in [-0.2, -0.15) is 0 Å². The van der Waals surface area contributed by atoms with Crippen LogP contribution in [0.3, 0.4) is 0 Å². The van der Waals surface area contributed by atoms with Crippen molar-refractivity contribution in [2.24, 2.45) is 5.92 Å². The lowest BCUT2D eigenvalue weighted by molar-refractivity contribution is 0.0950. The minimum Gasteiger partial charge on any atom is -0.356 e. The molecule has 5 heteroatoms. The molecule has 1 amide bonds. The Kier molecular flexibility index (Phi) is 5.86. The Morgan fingerprint density at radius 2 is 2.17 bits per heavy atom. The quantitative estimate of drug-likeness (QED) is 0.874. The summed E-state index contributed by atoms with van der Waals surface area (Å²) in [7, 11) is 0. The third kappa shape index (κ3) is 4.44. The molecule has 2 fully saturated rings. The fourth-order valence-corrected chi connectivity index (χ4v) is 3.59. The Hall–Kier alpha value is -1.62. The van der Waals surface area contributed by atoms with Crippen molar-refractivity contribution >= 4 is 11.7 Å². The first-order chi connectivity index (χ1) is 11.3. The average Bonchev–Trinajstić information content (AvgIpc) is 2.63. The number of nitrogens with one attached hydrogen (secondary N) is 2. The SMILES string of the molecule is O=C(NCCC1CCCNC1)c1cccnc1N1CCCCC1. The topological polar surface area (TPSA) is 57.3 Å². The van der Waals surface area contributed by atoms with E-state index in [0.717, 1.165) is 50.5 Å². The Morgan fingerprint density at radius 1 is 1.30 bits per heavy atom. The molecule has 1 aromatic heterocycles. The summed E-state index contributed by atoms with van der Waals surface area (Å²) in [5, 5.41) is 6.52. The maximum atomic E-state index is 12.6. The van der Waals surface area contributed by atoms with Crippen LogP contribution in [0.1, 0.15) is 48.9 Å². The number of anilines is 1. The van der Waals surface area contributed by atoms with E-state index >= 15 is 0 Å². The highest BCUT2D eigenvalue weighted by Gasteiger charge is 2.20. The lowest BCUT2D eigenvalue weighted by Gasteiger charge is -2.29. The second kappa shape index (κ2) is 8.29. The normalized spacial score (nSPS) is 21.9. The first kappa shape index (κ1) is 16.2. The fourth-order valence-electron chi connectivity index (χ4n) is 3.59. The molecule has 2 N–H and O–H groups in total. The van der Waals surface area contributed by atoms with Gasteiger partial charge in [-0.1, -0.05) is 0 Å². The molecule has 126 valence electrons. The molecule has 3 rings (SSSR count). The summed E-state index contributed by atoms with van der Waals surface area (Å²) in [4.78, 5) is 19.3. The van der Waals surface area contributed by atoms with Crippen molar-refractivity contribution in [2.75, 3.05) is 37.6 Å². The van der Waals surface area contributed by atoms with Gasteiger partial charge < -0.3 is 15.5 Å². The number of hydrogen-bond acceptors (Lipinski definition) is 4. The third-order valence-electron chi connectivity index (χ3n) is 4.92. The molecule has 0 spiro atoms. The molecule has 1 aromatic rings. The maximum absolute atomic E-state index is 12.6. The van der Waals surface area contributed by atoms with Crippen LogP contribution in [0.15, 0.2) is 18.3 Å². The van der Waals surface area contributed by atoms with Gasteiger partial charge in [0, 0.05) is 25.8 Å². The number of aromatic nitrogens is 1. The molecule has 3 heterocycles. The predicted molar refractivity (Wildman–Crippen MR) is 92.8 cm³/mol. The molecule has 1 unspecified atom stereocenters. The summed E-state index contributed by atoms with van der Waals surface area (Å²) >= 11 is 0. The highest BCUT2D eigenvalue weighted by Crippen LogP contribution is 2.21. The van der Waals surface area contributed by atoms with E-state index in [1.807, 2.05) is 12.1 Å². The van der Waals surface area contributed by atoms with Gasteiger partial charge in [-0.25, -0.2) is 4.98 Å². The summed E-state index contributed by atoms with van der Waals surface area (Å²) in [5.74, 6) is 1.56. The Morgan fingerprint density at radius 3 is 2.96 bits per heavy atom. The zero-order valence-electron chi connectivity index (χ0n) is 13.9. The van der Waals surface area contributed by atoms with E-state index in [0.29, 0.717) is 5.92 Å². The van der Waals surface area contributed by atoms with Gasteiger partial charge in [-0.05, 0) is 69.7 Å². The van der Waals surface area contributed by atoms with Crippen LogP contribution in [0, 0.1) is 5.92 Å². The number of piperidine rings is 2. The first-order valence-corrected chi connectivity index (χ1v) is 9.03. The Bertz CT molecular complexity index is 507. The second-order valence-electron chi connectivity index (χ2n) is 6.68. The average molecular weight is 316 g/mol. The zero-order valence-corrected chi connectivity index (χ0v) is 13.9. The molecule has 1 atom stereocenters. The van der Waals surface area contributed by atoms with Gasteiger partial charge in [-0.3, -0.25) is 4.79 Å². The maximum Gasteiger partial charge on any atom is 0.255 e. The van der Waals surface area contributed by atoms with Crippen molar-refractivity contribution in [1.82, 2.24) is 15.6 Å². The van der Waals surface area contributed by atoms with E-state index in [2.05, 4.69) is 20.5 Å². The van der Waals surface area contributed by atoms with Gasteiger partial charge in [0.15, 0.2) is 0 Å². The summed E-state index contributed by atoms with van der Waals surface area (Å²) in [6.45, 7) is 4.98. The fraction of sp³-hybridized carbons (Fsp3) is 0.667. The van der Waals surface area contributed by atoms with Crippen LogP contribution in [-0.2, 0) is 0 Å². The van der Waals surface area contributed by atoms with E-state index in [-0.39, 0.29) is 5.91 Å². The van der Waals surface area contributed by atoms with Crippen LogP contribution >= 0.6 is 0 Å². The molecule has 2 aliphatic rings. The van der Waals surface area contributed by atoms with Gasteiger partial charge in [0.1, 0.15) is 5.82 Å². The molecular weight excluding hydrogens is 288 g/mol. The molecule has 0 aliphatic carbocycles. The minimum atomic E-state index is 0.0162. The predicted octanol–water partition coefficient (Wildman–Crippen LogP) is 2.19. The van der Waals surface area contributed by atoms with Crippen molar-refractivity contribution in [3.63, 3.8) is 0 Å². The van der Waals surface area contributed by atoms with Gasteiger partial charge in [0.2, 0.25) is 0 Å². The largest absolute Gasteiger partial charge is 0.356 e. The summed E-state index contributed by atoms with van der Waals surface area (Å²) in [6.07, 6.45) is 9.01. The van der Waals surface area contributed by atoms with Crippen LogP contribution in [-0.4, -0.2) is 43.6 Å². The number of rotatable bonds is 5. The Labute approximate surface area is 138 Å². The van der Waals surface area contributed by atoms with Crippen molar-refractivity contribution in [1.29, 1.82) is 0 Å². The molecule has 0 radical (unpaired) electrons. The number of nitrogens with zero attached hydrogens (tertiary/aromatic N) is 2. The minimum absolute atomic E-state index is 0.0162. The summed E-state index contributed by atoms with van der Waals surface area (Å²) in [6, 6.07) is 3.75. The molecular formula is C18H28N4O. The van der Waals surface area contributed by atoms with Crippen molar-refractivity contribution in [2.45, 2.75) is 38.5 Å². The van der Waals surface area contributed by atoms with Crippen molar-refractivity contribution in [3.8, 4) is 0 Å². The number of amides is 1. The molecule has 0 saturated carbocycles. The third-order valence-corrected chi connectivity index (χ3v) is 4.92. The molecule has 0 bridgehead atoms. The van der Waals surface area contributed by atoms with E-state index in [4.69, 9.17) is 0 Å². The molecule has 23 heavy (non-hydrogen) atoms. The van der Waals surface area contributed by atoms with Crippen LogP contribution in [0.2, 0.25) is 0 Å². The van der Waals surface area contributed by atoms with Crippen LogP contribution in [0.25, 0.3) is 0 Å². The van der Waals surface area contributed by atoms with Crippen molar-refractivity contribution < 1.29 is 4.79 Å². The van der Waals surface area contributed by atoms with Crippen LogP contribution in [0.4, 0.5) is 5.82 Å². The standard InChI is InChI=1S/C18H28N4O/c23-18(21-11-8-15-6-4-9-19-14-15)16-7-5-10-20-17(16)22-12-2-1-3-13-22/h5,7,10,15,19H,1-4,6,8-9,11-14H2,(H,21,23). The lowest BCUT2D eigenvalue weighted by Crippen LogP contribution is -2.35. The number of pyridine rings is 1. The number of carbonyl (C=O) groups is 1. The van der Waals surface area contributed by atoms with E-state index in [1.165, 1.54) is 32.1 Å². The summed E-state index contributed by atoms with van der Waals surface area (Å²) in [5.41, 5.74) is 0.719. The zero-order chi connectivity index (χ0) is 15.9. The second-order valence-corrected chi connectivity index (χ2v) is 6.68. The van der Waals surface area contributed by atoms with Gasteiger partial charge >= 0.3 is 0 Å². The summed E-state index contributed by atoms with van der Waals surface area (Å²) < 4.78 is 0. The van der Waals surface area contributed by atoms with Crippen LogP contribution in [0.5, 0.6) is 0 Å². The van der Waals surface area contributed by atoms with Gasteiger partial charge in [-0.15, -0.1) is 0 Å². The van der Waals surface area contributed by atoms with E-state index < -0.39 is 0 Å². The highest BCUT2D eigenvalue weighted by atomic mass is 16.1. The monoisotopic (exact) mass is 316 g/mol. The molecule has 0 aromatic carbocycles. The number of carbonyl (C=O) groups excluding carboxylic acids is 1. The molecule has 2 aliphatic heterocycles. The first-order valence-electron chi connectivity index (χ1n) is 9.03. The van der Waals surface area contributed by atoms with E-state index in [9.17, 15) is 4.79 Å². The lowest BCUT2D eigenvalue weighted by atomic mass is 9.96. The smallest absolute Gasteiger partial charge is 0.255 e. The van der Waals surface area contributed by atoms with E-state index in [1.54, 1.807) is 6.20 Å². The molecule has 2 saturated heterocycles. The van der Waals surface area contributed by atoms with Crippen LogP contribution < -0.4 is 15.5 Å². The van der Waals surface area contributed by atoms with Gasteiger partial charge in [0.05, 0.1) is 5.56 Å². The Balaban J connectivity index is 1.56. The molecule has 5 nitrogen and oxygen atoms in total. The van der Waals surface area contributed by atoms with Crippen molar-refractivity contribution in [3.05, 3.63) is 23.9 Å². The van der Waals surface area contributed by atoms with Gasteiger partial charge in [0.25, 0.3) is 5.91 Å². The number of hydrogen-bond donors (Lipinski definition) is 2.